The number of carbonyl (C=O) groups is 2. The van der Waals surface area contributed by atoms with Crippen LogP contribution in [0.5, 0.6) is 0 Å². The third-order valence-electron chi connectivity index (χ3n) is 5.36. The molecule has 0 aliphatic heterocycles. The molecule has 7 nitrogen and oxygen atoms in total. The summed E-state index contributed by atoms with van der Waals surface area (Å²) in [5.41, 5.74) is 2.24. The van der Waals surface area contributed by atoms with E-state index in [-0.39, 0.29) is 18.5 Å². The second kappa shape index (κ2) is 11.8. The molecule has 0 heterocycles. The van der Waals surface area contributed by atoms with Crippen molar-refractivity contribution >= 4 is 27.5 Å². The van der Waals surface area contributed by atoms with E-state index in [2.05, 4.69) is 5.32 Å². The van der Waals surface area contributed by atoms with E-state index in [9.17, 15) is 18.0 Å². The molecule has 0 aliphatic rings. The number of rotatable bonds is 11. The van der Waals surface area contributed by atoms with Crippen LogP contribution in [0.3, 0.4) is 0 Å². The molecular weight excluding hydrogens is 438 g/mol. The maximum atomic E-state index is 13.5. The van der Waals surface area contributed by atoms with Crippen LogP contribution in [-0.2, 0) is 26.0 Å². The van der Waals surface area contributed by atoms with Crippen molar-refractivity contribution in [2.45, 2.75) is 52.6 Å². The molecule has 2 amide bonds. The third-order valence-corrected chi connectivity index (χ3v) is 6.49. The van der Waals surface area contributed by atoms with Crippen LogP contribution < -0.4 is 9.62 Å². The van der Waals surface area contributed by atoms with Gasteiger partial charge in [0.2, 0.25) is 21.8 Å². The van der Waals surface area contributed by atoms with Gasteiger partial charge in [-0.25, -0.2) is 8.42 Å². The van der Waals surface area contributed by atoms with E-state index in [4.69, 9.17) is 0 Å². The molecule has 0 bridgehead atoms. The minimum Gasteiger partial charge on any atom is -0.352 e. The third kappa shape index (κ3) is 7.60. The van der Waals surface area contributed by atoms with Gasteiger partial charge in [0.15, 0.2) is 0 Å². The second-order valence-corrected chi connectivity index (χ2v) is 10.4. The molecule has 0 aliphatic carbocycles. The summed E-state index contributed by atoms with van der Waals surface area (Å²) in [6.45, 7) is 7.32. The van der Waals surface area contributed by atoms with Crippen LogP contribution in [0, 0.1) is 6.92 Å². The molecule has 2 rings (SSSR count). The molecule has 0 aromatic heterocycles. The Kier molecular flexibility index (Phi) is 9.46. The normalized spacial score (nSPS) is 12.3. The standard InChI is InChI=1S/C25H35N3O4S/c1-6-22(25(30)26-19(2)3)27(17-16-21-13-8-7-9-14-21)24(29)18-28(33(5,31)32)23-15-11-10-12-20(23)4/h7-15,19,22H,6,16-18H2,1-5H3,(H,26,30). The Bertz CT molecular complexity index is 1040. The summed E-state index contributed by atoms with van der Waals surface area (Å²) in [7, 11) is -3.72. The molecular formula is C25H35N3O4S. The number of anilines is 1. The first-order chi connectivity index (χ1) is 15.5. The summed E-state index contributed by atoms with van der Waals surface area (Å²) < 4.78 is 26.4. The van der Waals surface area contributed by atoms with E-state index in [1.807, 2.05) is 57.2 Å². The molecule has 1 atom stereocenters. The zero-order valence-corrected chi connectivity index (χ0v) is 20.9. The van der Waals surface area contributed by atoms with E-state index in [0.29, 0.717) is 25.1 Å². The van der Waals surface area contributed by atoms with Gasteiger partial charge in [-0.05, 0) is 50.8 Å². The molecule has 0 saturated heterocycles. The first kappa shape index (κ1) is 26.4. The van der Waals surface area contributed by atoms with Gasteiger partial charge in [0.1, 0.15) is 12.6 Å². The van der Waals surface area contributed by atoms with Crippen molar-refractivity contribution in [1.29, 1.82) is 0 Å². The molecule has 0 fully saturated rings. The zero-order chi connectivity index (χ0) is 24.6. The molecule has 0 spiro atoms. The highest BCUT2D eigenvalue weighted by Crippen LogP contribution is 2.22. The fraction of sp³-hybridized carbons (Fsp3) is 0.440. The van der Waals surface area contributed by atoms with Gasteiger partial charge in [0.05, 0.1) is 11.9 Å². The highest BCUT2D eigenvalue weighted by atomic mass is 32.2. The number of sulfonamides is 1. The highest BCUT2D eigenvalue weighted by molar-refractivity contribution is 7.92. The van der Waals surface area contributed by atoms with Gasteiger partial charge in [0, 0.05) is 12.6 Å². The Morgan fingerprint density at radius 2 is 1.61 bits per heavy atom. The lowest BCUT2D eigenvalue weighted by molar-refractivity contribution is -0.139. The highest BCUT2D eigenvalue weighted by Gasteiger charge is 2.31. The number of nitrogens with one attached hydrogen (secondary N) is 1. The van der Waals surface area contributed by atoms with Crippen LogP contribution in [0.15, 0.2) is 54.6 Å². The summed E-state index contributed by atoms with van der Waals surface area (Å²) in [4.78, 5) is 28.0. The largest absolute Gasteiger partial charge is 0.352 e. The molecule has 0 radical (unpaired) electrons. The predicted octanol–water partition coefficient (Wildman–Crippen LogP) is 3.14. The van der Waals surface area contributed by atoms with Crippen LogP contribution in [0.1, 0.15) is 38.3 Å². The van der Waals surface area contributed by atoms with Crippen molar-refractivity contribution in [3.63, 3.8) is 0 Å². The van der Waals surface area contributed by atoms with Crippen molar-refractivity contribution in [1.82, 2.24) is 10.2 Å². The minimum absolute atomic E-state index is 0.0721. The fourth-order valence-electron chi connectivity index (χ4n) is 3.71. The number of aryl methyl sites for hydroxylation is 1. The van der Waals surface area contributed by atoms with Crippen molar-refractivity contribution in [2.75, 3.05) is 23.7 Å². The summed E-state index contributed by atoms with van der Waals surface area (Å²) in [6, 6.07) is 16.0. The SMILES string of the molecule is CCC(C(=O)NC(C)C)N(CCc1ccccc1)C(=O)CN(c1ccccc1C)S(C)(=O)=O. The quantitative estimate of drug-likeness (QED) is 0.543. The van der Waals surface area contributed by atoms with Crippen LogP contribution in [0.2, 0.25) is 0 Å². The topological polar surface area (TPSA) is 86.8 Å². The molecule has 180 valence electrons. The summed E-state index contributed by atoms with van der Waals surface area (Å²) in [5.74, 6) is -0.652. The minimum atomic E-state index is -3.72. The Balaban J connectivity index is 2.37. The number of carbonyl (C=O) groups excluding carboxylic acids is 2. The number of nitrogens with zero attached hydrogens (tertiary/aromatic N) is 2. The van der Waals surface area contributed by atoms with Crippen molar-refractivity contribution in [3.8, 4) is 0 Å². The number of benzene rings is 2. The molecule has 2 aromatic carbocycles. The number of amides is 2. The Morgan fingerprint density at radius 1 is 1.00 bits per heavy atom. The Morgan fingerprint density at radius 3 is 2.15 bits per heavy atom. The zero-order valence-electron chi connectivity index (χ0n) is 20.1. The number of hydrogen-bond acceptors (Lipinski definition) is 4. The molecule has 2 aromatic rings. The van der Waals surface area contributed by atoms with Crippen LogP contribution >= 0.6 is 0 Å². The molecule has 0 saturated carbocycles. The first-order valence-electron chi connectivity index (χ1n) is 11.2. The first-order valence-corrected chi connectivity index (χ1v) is 13.1. The maximum Gasteiger partial charge on any atom is 0.244 e. The van der Waals surface area contributed by atoms with E-state index in [1.54, 1.807) is 25.1 Å². The van der Waals surface area contributed by atoms with Gasteiger partial charge in [-0.15, -0.1) is 0 Å². The van der Waals surface area contributed by atoms with Gasteiger partial charge < -0.3 is 10.2 Å². The average Bonchev–Trinajstić information content (AvgIpc) is 2.74. The van der Waals surface area contributed by atoms with E-state index < -0.39 is 22.0 Å². The van der Waals surface area contributed by atoms with E-state index in [0.717, 1.165) is 21.7 Å². The van der Waals surface area contributed by atoms with Gasteiger partial charge in [-0.3, -0.25) is 13.9 Å². The maximum absolute atomic E-state index is 13.5. The van der Waals surface area contributed by atoms with E-state index in [1.165, 1.54) is 4.90 Å². The molecule has 8 heteroatoms. The lowest BCUT2D eigenvalue weighted by Gasteiger charge is -2.33. The molecule has 1 N–H and O–H groups in total. The van der Waals surface area contributed by atoms with Crippen molar-refractivity contribution in [2.24, 2.45) is 0 Å². The summed E-state index contributed by atoms with van der Waals surface area (Å²) in [5, 5.41) is 2.89. The van der Waals surface area contributed by atoms with Crippen LogP contribution in [0.25, 0.3) is 0 Å². The Labute approximate surface area is 197 Å². The summed E-state index contributed by atoms with van der Waals surface area (Å²) >= 11 is 0. The number of para-hydroxylation sites is 1. The predicted molar refractivity (Wildman–Crippen MR) is 133 cm³/mol. The average molecular weight is 474 g/mol. The van der Waals surface area contributed by atoms with Crippen molar-refractivity contribution in [3.05, 3.63) is 65.7 Å². The lowest BCUT2D eigenvalue weighted by atomic mass is 10.1. The van der Waals surface area contributed by atoms with Gasteiger partial charge in [-0.2, -0.15) is 0 Å². The second-order valence-electron chi connectivity index (χ2n) is 8.47. The van der Waals surface area contributed by atoms with E-state index >= 15 is 0 Å². The molecule has 33 heavy (non-hydrogen) atoms. The van der Waals surface area contributed by atoms with Gasteiger partial charge in [0.25, 0.3) is 0 Å². The Hall–Kier alpha value is -2.87. The van der Waals surface area contributed by atoms with Crippen LogP contribution in [-0.4, -0.2) is 56.6 Å². The number of hydrogen-bond donors (Lipinski definition) is 1. The van der Waals surface area contributed by atoms with Crippen LogP contribution in [0.4, 0.5) is 5.69 Å². The van der Waals surface area contributed by atoms with Gasteiger partial charge in [-0.1, -0.05) is 55.5 Å². The smallest absolute Gasteiger partial charge is 0.244 e. The van der Waals surface area contributed by atoms with Crippen molar-refractivity contribution < 1.29 is 18.0 Å². The monoisotopic (exact) mass is 473 g/mol. The fourth-order valence-corrected chi connectivity index (χ4v) is 4.62. The van der Waals surface area contributed by atoms with Gasteiger partial charge >= 0.3 is 0 Å². The molecule has 1 unspecified atom stereocenters. The lowest BCUT2D eigenvalue weighted by Crippen LogP contribution is -2.54. The summed E-state index contributed by atoms with van der Waals surface area (Å²) in [6.07, 6.45) is 2.06.